The van der Waals surface area contributed by atoms with Gasteiger partial charge in [-0.25, -0.2) is 4.79 Å². The molecule has 2 atom stereocenters. The van der Waals surface area contributed by atoms with Crippen LogP contribution in [0.2, 0.25) is 0 Å². The number of pyridine rings is 1. The summed E-state index contributed by atoms with van der Waals surface area (Å²) in [6.45, 7) is 8.44. The Morgan fingerprint density at radius 3 is 2.00 bits per heavy atom. The van der Waals surface area contributed by atoms with Gasteiger partial charge in [-0.3, -0.25) is 4.98 Å². The largest absolute Gasteiger partial charge is 0.471 e. The maximum absolute atomic E-state index is 12.6. The van der Waals surface area contributed by atoms with E-state index in [1.54, 1.807) is 25.4 Å². The number of halogens is 1. The van der Waals surface area contributed by atoms with Crippen molar-refractivity contribution in [2.75, 3.05) is 7.11 Å². The topological polar surface area (TPSA) is 48.4 Å². The Kier molecular flexibility index (Phi) is 7.04. The van der Waals surface area contributed by atoms with Crippen LogP contribution in [-0.4, -0.2) is 18.1 Å². The van der Waals surface area contributed by atoms with Gasteiger partial charge in [0.25, 0.3) is 0 Å². The number of methoxy groups -OCH3 is 1. The molecule has 3 aromatic rings. The van der Waals surface area contributed by atoms with Crippen LogP contribution in [0.15, 0.2) is 73.1 Å². The third-order valence-electron chi connectivity index (χ3n) is 6.16. The summed E-state index contributed by atoms with van der Waals surface area (Å²) < 4.78 is 12.4. The molecule has 2 aromatic carbocycles. The standard InChI is InChI=1S/C26H28INO3/c1-18(2)25(3,19-8-12-22(27)13-9-19)20-10-14-23(15-11-20)31-26(4,24(29)30-5)21-7-6-16-28-17-21/h6-18H,1-5H3. The number of rotatable bonds is 7. The second-order valence-electron chi connectivity index (χ2n) is 8.26. The molecule has 0 bridgehead atoms. The van der Waals surface area contributed by atoms with Crippen LogP contribution in [0.3, 0.4) is 0 Å². The van der Waals surface area contributed by atoms with Crippen LogP contribution in [0.1, 0.15) is 44.4 Å². The number of nitrogens with zero attached hydrogens (tertiary/aromatic N) is 1. The van der Waals surface area contributed by atoms with Crippen molar-refractivity contribution in [2.45, 2.75) is 38.7 Å². The fourth-order valence-electron chi connectivity index (χ4n) is 3.79. The average Bonchev–Trinajstić information content (AvgIpc) is 2.79. The van der Waals surface area contributed by atoms with Gasteiger partial charge in [0, 0.05) is 26.9 Å². The molecular formula is C26H28INO3. The molecule has 0 N–H and O–H groups in total. The summed E-state index contributed by atoms with van der Waals surface area (Å²) in [6.07, 6.45) is 3.28. The van der Waals surface area contributed by atoms with Crippen molar-refractivity contribution in [2.24, 2.45) is 5.92 Å². The van der Waals surface area contributed by atoms with E-state index in [-0.39, 0.29) is 5.41 Å². The van der Waals surface area contributed by atoms with Crippen LogP contribution in [0, 0.1) is 9.49 Å². The zero-order valence-electron chi connectivity index (χ0n) is 18.6. The molecule has 0 saturated heterocycles. The van der Waals surface area contributed by atoms with E-state index in [1.165, 1.54) is 21.8 Å². The van der Waals surface area contributed by atoms with E-state index < -0.39 is 11.6 Å². The summed E-state index contributed by atoms with van der Waals surface area (Å²) >= 11 is 2.33. The van der Waals surface area contributed by atoms with E-state index in [0.717, 1.165) is 0 Å². The maximum atomic E-state index is 12.6. The molecule has 31 heavy (non-hydrogen) atoms. The van der Waals surface area contributed by atoms with Gasteiger partial charge in [-0.2, -0.15) is 0 Å². The summed E-state index contributed by atoms with van der Waals surface area (Å²) in [7, 11) is 1.36. The van der Waals surface area contributed by atoms with Crippen LogP contribution in [0.25, 0.3) is 0 Å². The molecule has 0 radical (unpaired) electrons. The summed E-state index contributed by atoms with van der Waals surface area (Å²) in [4.78, 5) is 16.7. The van der Waals surface area contributed by atoms with Gasteiger partial charge in [0.2, 0.25) is 5.60 Å². The zero-order valence-corrected chi connectivity index (χ0v) is 20.7. The first-order valence-electron chi connectivity index (χ1n) is 10.3. The van der Waals surface area contributed by atoms with Gasteiger partial charge in [-0.05, 0) is 76.9 Å². The Balaban J connectivity index is 1.96. The minimum Gasteiger partial charge on any atom is -0.471 e. The van der Waals surface area contributed by atoms with Crippen LogP contribution >= 0.6 is 22.6 Å². The Morgan fingerprint density at radius 2 is 1.52 bits per heavy atom. The Bertz CT molecular complexity index is 1020. The lowest BCUT2D eigenvalue weighted by Crippen LogP contribution is -2.39. The fourth-order valence-corrected chi connectivity index (χ4v) is 4.15. The van der Waals surface area contributed by atoms with Gasteiger partial charge in [-0.15, -0.1) is 0 Å². The lowest BCUT2D eigenvalue weighted by atomic mass is 9.68. The lowest BCUT2D eigenvalue weighted by molar-refractivity contribution is -0.158. The van der Waals surface area contributed by atoms with E-state index in [1.807, 2.05) is 18.2 Å². The molecule has 4 nitrogen and oxygen atoms in total. The summed E-state index contributed by atoms with van der Waals surface area (Å²) in [5.41, 5.74) is 1.65. The second kappa shape index (κ2) is 9.39. The van der Waals surface area contributed by atoms with Crippen molar-refractivity contribution in [3.05, 3.63) is 93.3 Å². The fraction of sp³-hybridized carbons (Fsp3) is 0.308. The SMILES string of the molecule is COC(=O)C(C)(Oc1ccc(C(C)(c2ccc(I)cc2)C(C)C)cc1)c1cccnc1. The van der Waals surface area contributed by atoms with Gasteiger partial charge in [-0.1, -0.05) is 51.1 Å². The number of esters is 1. The van der Waals surface area contributed by atoms with Crippen molar-refractivity contribution in [3.8, 4) is 5.75 Å². The molecule has 0 spiro atoms. The van der Waals surface area contributed by atoms with Gasteiger partial charge >= 0.3 is 5.97 Å². The number of carbonyl (C=O) groups is 1. The Labute approximate surface area is 198 Å². The van der Waals surface area contributed by atoms with Crippen molar-refractivity contribution in [1.82, 2.24) is 4.98 Å². The van der Waals surface area contributed by atoms with Crippen LogP contribution < -0.4 is 4.74 Å². The molecule has 0 saturated carbocycles. The quantitative estimate of drug-likeness (QED) is 0.274. The third-order valence-corrected chi connectivity index (χ3v) is 6.88. The highest BCUT2D eigenvalue weighted by Crippen LogP contribution is 2.40. The van der Waals surface area contributed by atoms with E-state index in [4.69, 9.17) is 9.47 Å². The molecule has 0 aliphatic heterocycles. The van der Waals surface area contributed by atoms with Gasteiger partial charge in [0.1, 0.15) is 5.75 Å². The van der Waals surface area contributed by atoms with Crippen molar-refractivity contribution in [3.63, 3.8) is 0 Å². The predicted octanol–water partition coefficient (Wildman–Crippen LogP) is 6.12. The average molecular weight is 529 g/mol. The minimum atomic E-state index is -1.29. The molecule has 1 aromatic heterocycles. The lowest BCUT2D eigenvalue weighted by Gasteiger charge is -2.35. The van der Waals surface area contributed by atoms with Crippen molar-refractivity contribution < 1.29 is 14.3 Å². The monoisotopic (exact) mass is 529 g/mol. The number of ether oxygens (including phenoxy) is 2. The van der Waals surface area contributed by atoms with E-state index >= 15 is 0 Å². The normalized spacial score (nSPS) is 15.1. The summed E-state index contributed by atoms with van der Waals surface area (Å²) in [5, 5.41) is 0. The first-order valence-corrected chi connectivity index (χ1v) is 11.3. The number of hydrogen-bond donors (Lipinski definition) is 0. The summed E-state index contributed by atoms with van der Waals surface area (Å²) in [5.74, 6) is 0.500. The molecule has 0 fully saturated rings. The second-order valence-corrected chi connectivity index (χ2v) is 9.50. The van der Waals surface area contributed by atoms with Gasteiger partial charge < -0.3 is 9.47 Å². The third kappa shape index (κ3) is 4.61. The van der Waals surface area contributed by atoms with Crippen LogP contribution in [0.5, 0.6) is 5.75 Å². The summed E-state index contributed by atoms with van der Waals surface area (Å²) in [6, 6.07) is 20.3. The first-order chi connectivity index (χ1) is 14.7. The van der Waals surface area contributed by atoms with Gasteiger partial charge in [0.05, 0.1) is 7.11 Å². The Hall–Kier alpha value is -2.41. The molecule has 5 heteroatoms. The first kappa shape index (κ1) is 23.3. The molecule has 162 valence electrons. The zero-order chi connectivity index (χ0) is 22.6. The highest BCUT2D eigenvalue weighted by molar-refractivity contribution is 14.1. The van der Waals surface area contributed by atoms with E-state index in [2.05, 4.69) is 84.7 Å². The molecule has 1 heterocycles. The number of aromatic nitrogens is 1. The Morgan fingerprint density at radius 1 is 0.935 bits per heavy atom. The molecule has 3 rings (SSSR count). The molecule has 0 amide bonds. The van der Waals surface area contributed by atoms with Crippen LogP contribution in [-0.2, 0) is 20.5 Å². The number of benzene rings is 2. The highest BCUT2D eigenvalue weighted by Gasteiger charge is 2.40. The molecular weight excluding hydrogens is 501 g/mol. The van der Waals surface area contributed by atoms with Crippen LogP contribution in [0.4, 0.5) is 0 Å². The van der Waals surface area contributed by atoms with E-state index in [9.17, 15) is 4.79 Å². The molecule has 0 aliphatic carbocycles. The van der Waals surface area contributed by atoms with E-state index in [0.29, 0.717) is 17.2 Å². The van der Waals surface area contributed by atoms with Crippen molar-refractivity contribution >= 4 is 28.6 Å². The maximum Gasteiger partial charge on any atom is 0.354 e. The molecule has 2 unspecified atom stereocenters. The number of hydrogen-bond acceptors (Lipinski definition) is 4. The predicted molar refractivity (Wildman–Crippen MR) is 131 cm³/mol. The van der Waals surface area contributed by atoms with Crippen molar-refractivity contribution in [1.29, 1.82) is 0 Å². The number of carbonyl (C=O) groups excluding carboxylic acids is 1. The smallest absolute Gasteiger partial charge is 0.354 e. The minimum absolute atomic E-state index is 0.155. The van der Waals surface area contributed by atoms with Gasteiger partial charge in [0.15, 0.2) is 0 Å². The highest BCUT2D eigenvalue weighted by atomic mass is 127. The molecule has 0 aliphatic rings.